The SMILES string of the molecule is CCOc1ccc(S(=O)(=O)C2CS(=O)(=O)CC2N2CCN(c3ccccc3)CC2)cc1. The second kappa shape index (κ2) is 8.80. The van der Waals surface area contributed by atoms with Gasteiger partial charge in [-0.2, -0.15) is 0 Å². The smallest absolute Gasteiger partial charge is 0.183 e. The molecular formula is C22H28N2O5S2. The van der Waals surface area contributed by atoms with Crippen molar-refractivity contribution >= 4 is 25.4 Å². The number of anilines is 1. The molecule has 0 saturated carbocycles. The van der Waals surface area contributed by atoms with Gasteiger partial charge in [-0.3, -0.25) is 4.90 Å². The minimum Gasteiger partial charge on any atom is -0.494 e. The van der Waals surface area contributed by atoms with Crippen LogP contribution in [0, 0.1) is 0 Å². The van der Waals surface area contributed by atoms with Gasteiger partial charge in [-0.1, -0.05) is 18.2 Å². The summed E-state index contributed by atoms with van der Waals surface area (Å²) in [5, 5.41) is -0.960. The number of ether oxygens (including phenoxy) is 1. The predicted octanol–water partition coefficient (Wildman–Crippen LogP) is 1.85. The highest BCUT2D eigenvalue weighted by Crippen LogP contribution is 2.31. The highest BCUT2D eigenvalue weighted by atomic mass is 32.2. The lowest BCUT2D eigenvalue weighted by Gasteiger charge is -2.40. The second-order valence-corrected chi connectivity index (χ2v) is 12.3. The van der Waals surface area contributed by atoms with Crippen LogP contribution in [0.5, 0.6) is 5.75 Å². The lowest BCUT2D eigenvalue weighted by atomic mass is 10.1. The number of sulfone groups is 2. The largest absolute Gasteiger partial charge is 0.494 e. The van der Waals surface area contributed by atoms with E-state index in [-0.39, 0.29) is 16.4 Å². The molecule has 2 aromatic rings. The summed E-state index contributed by atoms with van der Waals surface area (Å²) in [7, 11) is -7.22. The summed E-state index contributed by atoms with van der Waals surface area (Å²) in [6.07, 6.45) is 0. The molecule has 2 aromatic carbocycles. The van der Waals surface area contributed by atoms with E-state index < -0.39 is 31.0 Å². The van der Waals surface area contributed by atoms with Crippen LogP contribution in [0.3, 0.4) is 0 Å². The van der Waals surface area contributed by atoms with E-state index in [1.165, 1.54) is 12.1 Å². The lowest BCUT2D eigenvalue weighted by Crippen LogP contribution is -2.55. The molecule has 31 heavy (non-hydrogen) atoms. The van der Waals surface area contributed by atoms with Crippen LogP contribution in [0.2, 0.25) is 0 Å². The van der Waals surface area contributed by atoms with Gasteiger partial charge in [0.05, 0.1) is 28.3 Å². The molecule has 2 fully saturated rings. The van der Waals surface area contributed by atoms with Gasteiger partial charge >= 0.3 is 0 Å². The van der Waals surface area contributed by atoms with Crippen molar-refractivity contribution in [3.8, 4) is 5.75 Å². The van der Waals surface area contributed by atoms with Crippen molar-refractivity contribution in [2.45, 2.75) is 23.1 Å². The quantitative estimate of drug-likeness (QED) is 0.645. The van der Waals surface area contributed by atoms with Gasteiger partial charge in [-0.25, -0.2) is 16.8 Å². The Kier molecular flexibility index (Phi) is 6.27. The Morgan fingerprint density at radius 2 is 1.58 bits per heavy atom. The maximum atomic E-state index is 13.4. The highest BCUT2D eigenvalue weighted by Gasteiger charge is 2.48. The van der Waals surface area contributed by atoms with Crippen molar-refractivity contribution < 1.29 is 21.6 Å². The van der Waals surface area contributed by atoms with Gasteiger partial charge in [0, 0.05) is 37.9 Å². The molecule has 0 bridgehead atoms. The molecule has 9 heteroatoms. The molecule has 0 aliphatic carbocycles. The first-order chi connectivity index (χ1) is 14.8. The summed E-state index contributed by atoms with van der Waals surface area (Å²) in [6, 6.07) is 15.8. The zero-order valence-corrected chi connectivity index (χ0v) is 19.2. The van der Waals surface area contributed by atoms with E-state index in [0.717, 1.165) is 18.8 Å². The average Bonchev–Trinajstić information content (AvgIpc) is 3.11. The summed E-state index contributed by atoms with van der Waals surface area (Å²) < 4.78 is 57.1. The molecule has 0 spiro atoms. The van der Waals surface area contributed by atoms with Crippen molar-refractivity contribution in [3.05, 3.63) is 54.6 Å². The van der Waals surface area contributed by atoms with Crippen molar-refractivity contribution in [1.29, 1.82) is 0 Å². The molecule has 0 amide bonds. The summed E-state index contributed by atoms with van der Waals surface area (Å²) >= 11 is 0. The highest BCUT2D eigenvalue weighted by molar-refractivity contribution is 7.96. The fourth-order valence-corrected chi connectivity index (χ4v) is 9.28. The fraction of sp³-hybridized carbons (Fsp3) is 0.455. The van der Waals surface area contributed by atoms with Gasteiger partial charge in [0.1, 0.15) is 5.75 Å². The maximum absolute atomic E-state index is 13.4. The molecule has 2 unspecified atom stereocenters. The third-order valence-electron chi connectivity index (χ3n) is 6.04. The Hall–Kier alpha value is -2.10. The zero-order chi connectivity index (χ0) is 22.1. The van der Waals surface area contributed by atoms with E-state index in [4.69, 9.17) is 4.74 Å². The van der Waals surface area contributed by atoms with Crippen LogP contribution >= 0.6 is 0 Å². The van der Waals surface area contributed by atoms with Crippen LogP contribution in [-0.4, -0.2) is 77.3 Å². The molecule has 7 nitrogen and oxygen atoms in total. The van der Waals surface area contributed by atoms with Crippen molar-refractivity contribution in [2.75, 3.05) is 49.2 Å². The Bertz CT molecular complexity index is 1090. The number of hydrogen-bond donors (Lipinski definition) is 0. The molecule has 0 N–H and O–H groups in total. The molecule has 0 radical (unpaired) electrons. The van der Waals surface area contributed by atoms with Crippen molar-refractivity contribution in [3.63, 3.8) is 0 Å². The molecule has 2 aliphatic rings. The molecule has 168 valence electrons. The van der Waals surface area contributed by atoms with Crippen LogP contribution in [0.1, 0.15) is 6.92 Å². The van der Waals surface area contributed by atoms with Crippen LogP contribution in [0.15, 0.2) is 59.5 Å². The van der Waals surface area contributed by atoms with Gasteiger partial charge < -0.3 is 9.64 Å². The van der Waals surface area contributed by atoms with Crippen LogP contribution in [0.25, 0.3) is 0 Å². The molecule has 2 saturated heterocycles. The van der Waals surface area contributed by atoms with E-state index >= 15 is 0 Å². The summed E-state index contributed by atoms with van der Waals surface area (Å²) in [5.41, 5.74) is 1.12. The first-order valence-corrected chi connectivity index (χ1v) is 13.9. The van der Waals surface area contributed by atoms with Gasteiger partial charge in [-0.05, 0) is 43.3 Å². The molecule has 4 rings (SSSR count). The normalized spacial score (nSPS) is 24.2. The van der Waals surface area contributed by atoms with Gasteiger partial charge in [0.25, 0.3) is 0 Å². The maximum Gasteiger partial charge on any atom is 0.183 e. The van der Waals surface area contributed by atoms with Crippen molar-refractivity contribution in [2.24, 2.45) is 0 Å². The molecule has 0 aromatic heterocycles. The zero-order valence-electron chi connectivity index (χ0n) is 17.6. The second-order valence-electron chi connectivity index (χ2n) is 7.99. The van der Waals surface area contributed by atoms with Crippen LogP contribution in [0.4, 0.5) is 5.69 Å². The molecular weight excluding hydrogens is 436 g/mol. The van der Waals surface area contributed by atoms with E-state index in [1.807, 2.05) is 30.0 Å². The van der Waals surface area contributed by atoms with E-state index in [2.05, 4.69) is 17.0 Å². The van der Waals surface area contributed by atoms with E-state index in [0.29, 0.717) is 25.4 Å². The predicted molar refractivity (Wildman–Crippen MR) is 121 cm³/mol. The summed E-state index contributed by atoms with van der Waals surface area (Å²) in [4.78, 5) is 4.43. The van der Waals surface area contributed by atoms with Gasteiger partial charge in [0.15, 0.2) is 19.7 Å². The minimum absolute atomic E-state index is 0.112. The average molecular weight is 465 g/mol. The number of nitrogens with zero attached hydrogens (tertiary/aromatic N) is 2. The Morgan fingerprint density at radius 1 is 0.935 bits per heavy atom. The Balaban J connectivity index is 1.53. The number of para-hydroxylation sites is 1. The first kappa shape index (κ1) is 22.1. The summed E-state index contributed by atoms with van der Waals surface area (Å²) in [5.74, 6) is 0.153. The Morgan fingerprint density at radius 3 is 2.19 bits per heavy atom. The topological polar surface area (TPSA) is 84.0 Å². The van der Waals surface area contributed by atoms with Crippen LogP contribution in [-0.2, 0) is 19.7 Å². The number of rotatable bonds is 6. The third kappa shape index (κ3) is 4.73. The third-order valence-corrected chi connectivity index (χ3v) is 10.2. The number of piperazine rings is 1. The van der Waals surface area contributed by atoms with Crippen LogP contribution < -0.4 is 9.64 Å². The van der Waals surface area contributed by atoms with E-state index in [1.54, 1.807) is 12.1 Å². The van der Waals surface area contributed by atoms with Crippen molar-refractivity contribution in [1.82, 2.24) is 4.90 Å². The fourth-order valence-electron chi connectivity index (χ4n) is 4.45. The number of benzene rings is 2. The molecule has 2 aliphatic heterocycles. The molecule has 2 atom stereocenters. The van der Waals surface area contributed by atoms with Gasteiger partial charge in [0.2, 0.25) is 0 Å². The molecule has 2 heterocycles. The lowest BCUT2D eigenvalue weighted by molar-refractivity contribution is 0.201. The number of hydrogen-bond acceptors (Lipinski definition) is 7. The summed E-state index contributed by atoms with van der Waals surface area (Å²) in [6.45, 7) is 5.07. The first-order valence-electron chi connectivity index (χ1n) is 10.5. The minimum atomic E-state index is -3.80. The Labute approximate surface area is 184 Å². The monoisotopic (exact) mass is 464 g/mol. The van der Waals surface area contributed by atoms with Gasteiger partial charge in [-0.15, -0.1) is 0 Å². The standard InChI is InChI=1S/C22H28N2O5S2/c1-2-29-19-8-10-20(11-9-19)31(27,28)22-17-30(25,26)16-21(22)24-14-12-23(13-15-24)18-6-4-3-5-7-18/h3-11,21-22H,2,12-17H2,1H3. The van der Waals surface area contributed by atoms with E-state index in [9.17, 15) is 16.8 Å².